The largest absolute Gasteiger partial charge is 0.351 e. The van der Waals surface area contributed by atoms with Crippen LogP contribution in [0, 0.1) is 5.41 Å². The van der Waals surface area contributed by atoms with E-state index in [0.29, 0.717) is 0 Å². The van der Waals surface area contributed by atoms with Crippen molar-refractivity contribution in [1.29, 1.82) is 5.41 Å². The van der Waals surface area contributed by atoms with Crippen molar-refractivity contribution in [2.24, 2.45) is 10.2 Å². The van der Waals surface area contributed by atoms with Crippen molar-refractivity contribution in [3.8, 4) is 0 Å². The second-order valence-electron chi connectivity index (χ2n) is 6.45. The molecule has 2 saturated carbocycles. The monoisotopic (exact) mass is 292 g/mol. The fourth-order valence-corrected chi connectivity index (χ4v) is 3.22. The van der Waals surface area contributed by atoms with Gasteiger partial charge in [-0.05, 0) is 32.6 Å². The van der Waals surface area contributed by atoms with Crippen molar-refractivity contribution >= 4 is 11.6 Å². The number of amides is 1. The molecule has 0 aromatic rings. The van der Waals surface area contributed by atoms with Gasteiger partial charge in [-0.2, -0.15) is 10.2 Å². The van der Waals surface area contributed by atoms with Gasteiger partial charge < -0.3 is 10.7 Å². The summed E-state index contributed by atoms with van der Waals surface area (Å²) in [7, 11) is 0. The summed E-state index contributed by atoms with van der Waals surface area (Å²) in [6.07, 6.45) is 11.5. The molecule has 2 aliphatic rings. The molecule has 0 aromatic heterocycles. The molecule has 0 aromatic carbocycles. The first-order valence-corrected chi connectivity index (χ1v) is 8.42. The van der Waals surface area contributed by atoms with Gasteiger partial charge in [0.1, 0.15) is 0 Å². The van der Waals surface area contributed by atoms with Crippen LogP contribution in [0.1, 0.15) is 71.1 Å². The van der Waals surface area contributed by atoms with Gasteiger partial charge in [0.15, 0.2) is 6.04 Å². The van der Waals surface area contributed by atoms with Crippen LogP contribution in [0.4, 0.5) is 0 Å². The Kier molecular flexibility index (Phi) is 6.33. The molecule has 118 valence electrons. The Morgan fingerprint density at radius 2 is 1.62 bits per heavy atom. The van der Waals surface area contributed by atoms with E-state index in [0.717, 1.165) is 25.7 Å². The molecule has 2 rings (SSSR count). The van der Waals surface area contributed by atoms with Gasteiger partial charge >= 0.3 is 0 Å². The van der Waals surface area contributed by atoms with Crippen molar-refractivity contribution < 1.29 is 4.79 Å². The molecule has 2 fully saturated rings. The average molecular weight is 292 g/mol. The normalized spacial score (nSPS) is 23.1. The van der Waals surface area contributed by atoms with Crippen molar-refractivity contribution in [3.05, 3.63) is 0 Å². The second-order valence-corrected chi connectivity index (χ2v) is 6.45. The molecule has 5 heteroatoms. The molecule has 0 heterocycles. The van der Waals surface area contributed by atoms with Gasteiger partial charge in [-0.25, -0.2) is 0 Å². The van der Waals surface area contributed by atoms with Gasteiger partial charge in [0.05, 0.1) is 6.04 Å². The van der Waals surface area contributed by atoms with Gasteiger partial charge in [0, 0.05) is 11.8 Å². The summed E-state index contributed by atoms with van der Waals surface area (Å²) in [5.41, 5.74) is 0.280. The Balaban J connectivity index is 1.88. The van der Waals surface area contributed by atoms with Gasteiger partial charge in [0.2, 0.25) is 0 Å². The zero-order valence-corrected chi connectivity index (χ0v) is 13.1. The molecule has 1 atom stereocenters. The molecule has 1 amide bonds. The van der Waals surface area contributed by atoms with Crippen molar-refractivity contribution in [1.82, 2.24) is 5.32 Å². The average Bonchev–Trinajstić information content (AvgIpc) is 2.49. The number of azo groups is 1. The zero-order valence-electron chi connectivity index (χ0n) is 13.1. The van der Waals surface area contributed by atoms with Crippen LogP contribution in [0.25, 0.3) is 0 Å². The Bertz CT molecular complexity index is 382. The molecular weight excluding hydrogens is 264 g/mol. The van der Waals surface area contributed by atoms with E-state index >= 15 is 0 Å². The number of nitrogens with one attached hydrogen (secondary N) is 2. The van der Waals surface area contributed by atoms with Gasteiger partial charge in [-0.1, -0.05) is 38.5 Å². The lowest BCUT2D eigenvalue weighted by molar-refractivity contribution is -0.121. The lowest BCUT2D eigenvalue weighted by Gasteiger charge is -2.24. The minimum atomic E-state index is -0.728. The molecular formula is C16H28N4O. The first kappa shape index (κ1) is 16.1. The van der Waals surface area contributed by atoms with Crippen LogP contribution in [0.15, 0.2) is 10.2 Å². The summed E-state index contributed by atoms with van der Waals surface area (Å²) in [5.74, 6) is -0.144. The highest BCUT2D eigenvalue weighted by molar-refractivity contribution is 6.05. The predicted molar refractivity (Wildman–Crippen MR) is 83.9 cm³/mol. The number of hydrogen-bond donors (Lipinski definition) is 2. The van der Waals surface area contributed by atoms with Crippen LogP contribution in [0.2, 0.25) is 0 Å². The third-order valence-corrected chi connectivity index (χ3v) is 4.53. The van der Waals surface area contributed by atoms with Crippen LogP contribution >= 0.6 is 0 Å². The van der Waals surface area contributed by atoms with E-state index in [-0.39, 0.29) is 23.7 Å². The maximum absolute atomic E-state index is 12.3. The van der Waals surface area contributed by atoms with Crippen molar-refractivity contribution in [2.75, 3.05) is 0 Å². The number of nitrogens with zero attached hydrogens (tertiary/aromatic N) is 2. The Morgan fingerprint density at radius 1 is 1.05 bits per heavy atom. The van der Waals surface area contributed by atoms with E-state index in [9.17, 15) is 4.79 Å². The van der Waals surface area contributed by atoms with Gasteiger partial charge in [-0.15, -0.1) is 0 Å². The predicted octanol–water partition coefficient (Wildman–Crippen LogP) is 3.63. The molecule has 0 aliphatic heterocycles. The topological polar surface area (TPSA) is 77.7 Å². The quantitative estimate of drug-likeness (QED) is 0.589. The maximum atomic E-state index is 12.3. The molecule has 5 nitrogen and oxygen atoms in total. The molecule has 2 N–H and O–H groups in total. The summed E-state index contributed by atoms with van der Waals surface area (Å²) in [5, 5.41) is 19.4. The zero-order chi connectivity index (χ0) is 15.1. The number of rotatable bonds is 5. The van der Waals surface area contributed by atoms with Gasteiger partial charge in [-0.3, -0.25) is 4.79 Å². The SMILES string of the molecule is CC(=N)C(N=NC1CCCCC1)C(=O)NC1CCCCC1. The Hall–Kier alpha value is -1.26. The van der Waals surface area contributed by atoms with Crippen LogP contribution in [-0.2, 0) is 4.79 Å². The summed E-state index contributed by atoms with van der Waals surface area (Å²) >= 11 is 0. The summed E-state index contributed by atoms with van der Waals surface area (Å²) < 4.78 is 0. The molecule has 0 spiro atoms. The lowest BCUT2D eigenvalue weighted by Crippen LogP contribution is -2.44. The molecule has 2 aliphatic carbocycles. The highest BCUT2D eigenvalue weighted by atomic mass is 16.2. The van der Waals surface area contributed by atoms with Crippen molar-refractivity contribution in [3.63, 3.8) is 0 Å². The first-order chi connectivity index (χ1) is 10.2. The molecule has 0 bridgehead atoms. The van der Waals surface area contributed by atoms with Crippen molar-refractivity contribution in [2.45, 2.75) is 89.3 Å². The fourth-order valence-electron chi connectivity index (χ4n) is 3.22. The number of carbonyl (C=O) groups excluding carboxylic acids is 1. The van der Waals surface area contributed by atoms with Gasteiger partial charge in [0.25, 0.3) is 5.91 Å². The molecule has 0 radical (unpaired) electrons. The van der Waals surface area contributed by atoms with E-state index in [1.54, 1.807) is 6.92 Å². The van der Waals surface area contributed by atoms with Crippen LogP contribution in [-0.4, -0.2) is 29.7 Å². The third kappa shape index (κ3) is 5.21. The number of hydrogen-bond acceptors (Lipinski definition) is 4. The molecule has 0 saturated heterocycles. The summed E-state index contributed by atoms with van der Waals surface area (Å²) in [6.45, 7) is 1.64. The molecule has 21 heavy (non-hydrogen) atoms. The molecule has 1 unspecified atom stereocenters. The summed E-state index contributed by atoms with van der Waals surface area (Å²) in [4.78, 5) is 12.3. The minimum absolute atomic E-state index is 0.144. The standard InChI is InChI=1S/C16H28N4O/c1-12(17)15(20-19-14-10-6-3-7-11-14)16(21)18-13-8-4-2-5-9-13/h13-15,17H,2-11H2,1H3,(H,18,21). The van der Waals surface area contributed by atoms with Crippen LogP contribution in [0.3, 0.4) is 0 Å². The fraction of sp³-hybridized carbons (Fsp3) is 0.875. The summed E-state index contributed by atoms with van der Waals surface area (Å²) in [6, 6.07) is -0.213. The van der Waals surface area contributed by atoms with Crippen LogP contribution in [0.5, 0.6) is 0 Å². The Labute approximate surface area is 127 Å². The van der Waals surface area contributed by atoms with E-state index in [4.69, 9.17) is 5.41 Å². The van der Waals surface area contributed by atoms with E-state index < -0.39 is 6.04 Å². The second kappa shape index (κ2) is 8.25. The van der Waals surface area contributed by atoms with E-state index in [1.807, 2.05) is 0 Å². The minimum Gasteiger partial charge on any atom is -0.351 e. The highest BCUT2D eigenvalue weighted by Gasteiger charge is 2.24. The van der Waals surface area contributed by atoms with E-state index in [2.05, 4.69) is 15.5 Å². The van der Waals surface area contributed by atoms with E-state index in [1.165, 1.54) is 38.5 Å². The smallest absolute Gasteiger partial charge is 0.252 e. The maximum Gasteiger partial charge on any atom is 0.252 e. The third-order valence-electron chi connectivity index (χ3n) is 4.53. The lowest BCUT2D eigenvalue weighted by atomic mass is 9.95. The highest BCUT2D eigenvalue weighted by Crippen LogP contribution is 2.21. The number of carbonyl (C=O) groups is 1. The first-order valence-electron chi connectivity index (χ1n) is 8.42. The van der Waals surface area contributed by atoms with Crippen LogP contribution < -0.4 is 5.32 Å². The Morgan fingerprint density at radius 3 is 2.19 bits per heavy atom.